The fourth-order valence-electron chi connectivity index (χ4n) is 0.897. The normalized spacial score (nSPS) is 11.7. The largest absolute Gasteiger partial charge is 0.418 e. The first-order valence-corrected chi connectivity index (χ1v) is 3.18. The second kappa shape index (κ2) is 2.66. The van der Waals surface area contributed by atoms with Gasteiger partial charge in [0.2, 0.25) is 0 Å². The predicted molar refractivity (Wildman–Crippen MR) is 35.8 cm³/mol. The van der Waals surface area contributed by atoms with Crippen molar-refractivity contribution >= 4 is 5.78 Å². The smallest absolute Gasteiger partial charge is 0.358 e. The Kier molecular flexibility index (Phi) is 1.95. The summed E-state index contributed by atoms with van der Waals surface area (Å²) in [5, 5.41) is 0. The quantitative estimate of drug-likeness (QED) is 0.655. The van der Waals surface area contributed by atoms with Crippen LogP contribution in [-0.4, -0.2) is 10.8 Å². The summed E-state index contributed by atoms with van der Waals surface area (Å²) < 4.78 is 36.2. The van der Waals surface area contributed by atoms with Gasteiger partial charge in [0.1, 0.15) is 0 Å². The van der Waals surface area contributed by atoms with Crippen LogP contribution >= 0.6 is 0 Å². The van der Waals surface area contributed by atoms with Crippen molar-refractivity contribution in [1.82, 2.24) is 4.98 Å². The summed E-state index contributed by atoms with van der Waals surface area (Å²) >= 11 is 0. The van der Waals surface area contributed by atoms with Crippen LogP contribution in [0.15, 0.2) is 12.3 Å². The molecule has 1 aromatic heterocycles. The number of aromatic nitrogens is 1. The second-order valence-electron chi connectivity index (χ2n) is 2.32. The molecular weight excluding hydrogens is 171 g/mol. The summed E-state index contributed by atoms with van der Waals surface area (Å²) in [7, 11) is 0. The number of hydrogen-bond donors (Lipinski definition) is 1. The van der Waals surface area contributed by atoms with E-state index >= 15 is 0 Å². The molecule has 1 aromatic rings. The van der Waals surface area contributed by atoms with Crippen molar-refractivity contribution in [2.45, 2.75) is 13.1 Å². The summed E-state index contributed by atoms with van der Waals surface area (Å²) in [6.45, 7) is 1.08. The number of halogens is 3. The first-order chi connectivity index (χ1) is 5.43. The highest BCUT2D eigenvalue weighted by atomic mass is 19.4. The SMILES string of the molecule is CC(=O)c1[nH]ccc1C(F)(F)F. The number of carbonyl (C=O) groups excluding carboxylic acids is 1. The zero-order chi connectivity index (χ0) is 9.35. The average molecular weight is 177 g/mol. The number of aromatic amines is 1. The average Bonchev–Trinajstić information content (AvgIpc) is 2.30. The van der Waals surface area contributed by atoms with Crippen molar-refractivity contribution in [3.05, 3.63) is 23.5 Å². The van der Waals surface area contributed by atoms with Gasteiger partial charge >= 0.3 is 6.18 Å². The van der Waals surface area contributed by atoms with Gasteiger partial charge in [0.25, 0.3) is 0 Å². The van der Waals surface area contributed by atoms with Crippen molar-refractivity contribution in [1.29, 1.82) is 0 Å². The highest BCUT2D eigenvalue weighted by molar-refractivity contribution is 5.93. The third kappa shape index (κ3) is 1.49. The fourth-order valence-corrected chi connectivity index (χ4v) is 0.897. The Balaban J connectivity index is 3.17. The molecule has 0 fully saturated rings. The molecule has 0 aliphatic carbocycles. The predicted octanol–water partition coefficient (Wildman–Crippen LogP) is 2.24. The molecule has 0 aliphatic rings. The topological polar surface area (TPSA) is 32.9 Å². The summed E-state index contributed by atoms with van der Waals surface area (Å²) in [5.74, 6) is -0.618. The number of Topliss-reactive ketones (excluding diaryl/α,β-unsaturated/α-hetero) is 1. The second-order valence-corrected chi connectivity index (χ2v) is 2.32. The molecule has 66 valence electrons. The van der Waals surface area contributed by atoms with E-state index in [1.165, 1.54) is 0 Å². The van der Waals surface area contributed by atoms with Crippen molar-refractivity contribution in [3.8, 4) is 0 Å². The van der Waals surface area contributed by atoms with E-state index in [0.29, 0.717) is 0 Å². The van der Waals surface area contributed by atoms with Crippen LogP contribution in [-0.2, 0) is 6.18 Å². The highest BCUT2D eigenvalue weighted by Crippen LogP contribution is 2.31. The van der Waals surface area contributed by atoms with Crippen LogP contribution in [0, 0.1) is 0 Å². The van der Waals surface area contributed by atoms with Gasteiger partial charge in [-0.1, -0.05) is 0 Å². The Labute approximate surface area is 66.4 Å². The lowest BCUT2D eigenvalue weighted by Crippen LogP contribution is -2.09. The number of nitrogens with one attached hydrogen (secondary N) is 1. The third-order valence-electron chi connectivity index (χ3n) is 1.40. The van der Waals surface area contributed by atoms with Crippen LogP contribution in [0.1, 0.15) is 23.0 Å². The molecule has 0 aromatic carbocycles. The molecule has 0 amide bonds. The Hall–Kier alpha value is -1.26. The molecular formula is C7H6F3NO. The lowest BCUT2D eigenvalue weighted by atomic mass is 10.2. The zero-order valence-corrected chi connectivity index (χ0v) is 6.20. The van der Waals surface area contributed by atoms with E-state index in [4.69, 9.17) is 0 Å². The van der Waals surface area contributed by atoms with Crippen molar-refractivity contribution in [2.24, 2.45) is 0 Å². The van der Waals surface area contributed by atoms with Crippen LogP contribution in [0.4, 0.5) is 13.2 Å². The van der Waals surface area contributed by atoms with Gasteiger partial charge in [-0.05, 0) is 6.07 Å². The Morgan fingerprint density at radius 1 is 1.50 bits per heavy atom. The third-order valence-corrected chi connectivity index (χ3v) is 1.40. The number of H-pyrrole nitrogens is 1. The van der Waals surface area contributed by atoms with E-state index in [9.17, 15) is 18.0 Å². The van der Waals surface area contributed by atoms with Gasteiger partial charge in [0.15, 0.2) is 5.78 Å². The minimum Gasteiger partial charge on any atom is -0.358 e. The molecule has 1 heterocycles. The number of alkyl halides is 3. The monoisotopic (exact) mass is 177 g/mol. The van der Waals surface area contributed by atoms with Crippen LogP contribution in [0.3, 0.4) is 0 Å². The maximum absolute atomic E-state index is 12.1. The summed E-state index contributed by atoms with van der Waals surface area (Å²) in [4.78, 5) is 12.9. The minimum atomic E-state index is -4.46. The molecule has 1 rings (SSSR count). The molecule has 2 nitrogen and oxygen atoms in total. The van der Waals surface area contributed by atoms with E-state index in [2.05, 4.69) is 4.98 Å². The van der Waals surface area contributed by atoms with Gasteiger partial charge in [-0.2, -0.15) is 13.2 Å². The number of ketones is 1. The van der Waals surface area contributed by atoms with E-state index in [1.807, 2.05) is 0 Å². The zero-order valence-electron chi connectivity index (χ0n) is 6.20. The lowest BCUT2D eigenvalue weighted by molar-refractivity contribution is -0.137. The van der Waals surface area contributed by atoms with Crippen molar-refractivity contribution in [3.63, 3.8) is 0 Å². The molecule has 0 radical (unpaired) electrons. The molecule has 0 saturated carbocycles. The Morgan fingerprint density at radius 2 is 2.08 bits per heavy atom. The van der Waals surface area contributed by atoms with Gasteiger partial charge in [-0.15, -0.1) is 0 Å². The van der Waals surface area contributed by atoms with Gasteiger partial charge < -0.3 is 4.98 Å². The van der Waals surface area contributed by atoms with E-state index < -0.39 is 17.5 Å². The number of carbonyl (C=O) groups is 1. The first kappa shape index (κ1) is 8.83. The first-order valence-electron chi connectivity index (χ1n) is 3.18. The maximum atomic E-state index is 12.1. The molecule has 0 bridgehead atoms. The molecule has 0 unspecified atom stereocenters. The maximum Gasteiger partial charge on any atom is 0.418 e. The van der Waals surface area contributed by atoms with Crippen molar-refractivity contribution < 1.29 is 18.0 Å². The van der Waals surface area contributed by atoms with Gasteiger partial charge in [-0.3, -0.25) is 4.79 Å². The van der Waals surface area contributed by atoms with Gasteiger partial charge in [0, 0.05) is 13.1 Å². The number of rotatable bonds is 1. The van der Waals surface area contributed by atoms with Crippen molar-refractivity contribution in [2.75, 3.05) is 0 Å². The molecule has 0 aliphatic heterocycles. The molecule has 0 spiro atoms. The van der Waals surface area contributed by atoms with E-state index in [-0.39, 0.29) is 5.69 Å². The van der Waals surface area contributed by atoms with Crippen LogP contribution in [0.2, 0.25) is 0 Å². The summed E-state index contributed by atoms with van der Waals surface area (Å²) in [6.07, 6.45) is -3.36. The molecule has 1 N–H and O–H groups in total. The van der Waals surface area contributed by atoms with Gasteiger partial charge in [0.05, 0.1) is 11.3 Å². The standard InChI is InChI=1S/C7H6F3NO/c1-4(12)6-5(2-3-11-6)7(8,9)10/h2-3,11H,1H3. The van der Waals surface area contributed by atoms with Crippen LogP contribution in [0.5, 0.6) is 0 Å². The number of hydrogen-bond acceptors (Lipinski definition) is 1. The summed E-state index contributed by atoms with van der Waals surface area (Å²) in [5.41, 5.74) is -1.29. The van der Waals surface area contributed by atoms with Gasteiger partial charge in [-0.25, -0.2) is 0 Å². The van der Waals surface area contributed by atoms with E-state index in [0.717, 1.165) is 19.2 Å². The van der Waals surface area contributed by atoms with Crippen LogP contribution < -0.4 is 0 Å². The fraction of sp³-hybridized carbons (Fsp3) is 0.286. The van der Waals surface area contributed by atoms with Crippen LogP contribution in [0.25, 0.3) is 0 Å². The molecule has 0 atom stereocenters. The summed E-state index contributed by atoms with van der Waals surface area (Å²) in [6, 6.07) is 0.844. The lowest BCUT2D eigenvalue weighted by Gasteiger charge is -2.04. The minimum absolute atomic E-state index is 0.387. The Morgan fingerprint density at radius 3 is 2.42 bits per heavy atom. The molecule has 12 heavy (non-hydrogen) atoms. The molecule has 5 heteroatoms. The Bertz CT molecular complexity index is 300. The highest BCUT2D eigenvalue weighted by Gasteiger charge is 2.35. The van der Waals surface area contributed by atoms with E-state index in [1.54, 1.807) is 0 Å². The molecule has 0 saturated heterocycles.